The van der Waals surface area contributed by atoms with Crippen molar-refractivity contribution in [3.05, 3.63) is 59.2 Å². The fourth-order valence-corrected chi connectivity index (χ4v) is 2.92. The third kappa shape index (κ3) is 2.77. The molecule has 1 amide bonds. The molecule has 0 fully saturated rings. The van der Waals surface area contributed by atoms with Gasteiger partial charge in [-0.25, -0.2) is 0 Å². The molecule has 0 atom stereocenters. The van der Waals surface area contributed by atoms with Crippen LogP contribution in [0.4, 0.5) is 11.4 Å². The molecule has 0 saturated carbocycles. The lowest BCUT2D eigenvalue weighted by molar-refractivity contribution is -0.118. The largest absolute Gasteiger partial charge is 0.399 e. The summed E-state index contributed by atoms with van der Waals surface area (Å²) in [6.07, 6.45) is 2.47. The molecule has 108 valence electrons. The zero-order valence-corrected chi connectivity index (χ0v) is 12.3. The van der Waals surface area contributed by atoms with Gasteiger partial charge < -0.3 is 10.6 Å². The average Bonchev–Trinajstić information content (AvgIpc) is 2.49. The fraction of sp³-hybridized carbons (Fsp3) is 0.278. The Balaban J connectivity index is 1.87. The summed E-state index contributed by atoms with van der Waals surface area (Å²) in [6.45, 7) is 2.83. The molecule has 3 heteroatoms. The summed E-state index contributed by atoms with van der Waals surface area (Å²) < 4.78 is 0. The van der Waals surface area contributed by atoms with Crippen molar-refractivity contribution in [2.45, 2.75) is 26.2 Å². The number of aryl methyl sites for hydroxylation is 2. The summed E-state index contributed by atoms with van der Waals surface area (Å²) in [7, 11) is 0. The van der Waals surface area contributed by atoms with E-state index in [9.17, 15) is 4.79 Å². The van der Waals surface area contributed by atoms with Gasteiger partial charge in [0.05, 0.1) is 6.42 Å². The van der Waals surface area contributed by atoms with Gasteiger partial charge in [-0.1, -0.05) is 30.3 Å². The number of fused-ring (bicyclic) bond motifs is 1. The first-order valence-electron chi connectivity index (χ1n) is 7.38. The molecule has 1 heterocycles. The Kier molecular flexibility index (Phi) is 3.65. The van der Waals surface area contributed by atoms with Crippen molar-refractivity contribution < 1.29 is 4.79 Å². The molecule has 2 N–H and O–H groups in total. The second-order valence-electron chi connectivity index (χ2n) is 5.64. The number of nitrogens with zero attached hydrogens (tertiary/aromatic N) is 1. The normalized spacial score (nSPS) is 13.9. The number of nitrogens with two attached hydrogens (primary N) is 1. The number of anilines is 2. The molecule has 1 aliphatic heterocycles. The molecule has 0 aliphatic carbocycles. The highest BCUT2D eigenvalue weighted by Gasteiger charge is 2.22. The molecule has 2 aromatic carbocycles. The van der Waals surface area contributed by atoms with E-state index >= 15 is 0 Å². The van der Waals surface area contributed by atoms with E-state index in [2.05, 4.69) is 0 Å². The predicted molar refractivity (Wildman–Crippen MR) is 86.4 cm³/mol. The SMILES string of the molecule is Cc1ccccc1CC(=O)N1CCCc2ccc(N)cc21. The summed E-state index contributed by atoms with van der Waals surface area (Å²) in [4.78, 5) is 14.6. The molecule has 1 aliphatic rings. The number of carbonyl (C=O) groups excluding carboxylic acids is 1. The van der Waals surface area contributed by atoms with Crippen LogP contribution in [0.25, 0.3) is 0 Å². The maximum absolute atomic E-state index is 12.7. The van der Waals surface area contributed by atoms with Crippen molar-refractivity contribution in [1.29, 1.82) is 0 Å². The third-order valence-electron chi connectivity index (χ3n) is 4.13. The van der Waals surface area contributed by atoms with Crippen LogP contribution < -0.4 is 10.6 Å². The van der Waals surface area contributed by atoms with E-state index in [4.69, 9.17) is 5.73 Å². The molecule has 3 nitrogen and oxygen atoms in total. The number of carbonyl (C=O) groups is 1. The van der Waals surface area contributed by atoms with Crippen LogP contribution in [-0.4, -0.2) is 12.5 Å². The molecule has 0 radical (unpaired) electrons. The Morgan fingerprint density at radius 1 is 1.24 bits per heavy atom. The van der Waals surface area contributed by atoms with Crippen LogP contribution in [-0.2, 0) is 17.6 Å². The van der Waals surface area contributed by atoms with Gasteiger partial charge in [0.15, 0.2) is 0 Å². The summed E-state index contributed by atoms with van der Waals surface area (Å²) in [5.74, 6) is 0.149. The first-order valence-corrected chi connectivity index (χ1v) is 7.38. The highest BCUT2D eigenvalue weighted by atomic mass is 16.2. The van der Waals surface area contributed by atoms with Crippen molar-refractivity contribution in [3.8, 4) is 0 Å². The summed E-state index contributed by atoms with van der Waals surface area (Å²) in [5, 5.41) is 0. The third-order valence-corrected chi connectivity index (χ3v) is 4.13. The first-order chi connectivity index (χ1) is 10.1. The van der Waals surface area contributed by atoms with E-state index in [-0.39, 0.29) is 5.91 Å². The van der Waals surface area contributed by atoms with Crippen LogP contribution in [0, 0.1) is 6.92 Å². The van der Waals surface area contributed by atoms with Crippen molar-refractivity contribution in [3.63, 3.8) is 0 Å². The average molecular weight is 280 g/mol. The van der Waals surface area contributed by atoms with Gasteiger partial charge in [-0.2, -0.15) is 0 Å². The molecule has 0 aromatic heterocycles. The van der Waals surface area contributed by atoms with E-state index in [1.165, 1.54) is 5.56 Å². The molecular weight excluding hydrogens is 260 g/mol. The minimum absolute atomic E-state index is 0.149. The lowest BCUT2D eigenvalue weighted by Crippen LogP contribution is -2.36. The van der Waals surface area contributed by atoms with E-state index in [0.29, 0.717) is 12.1 Å². The topological polar surface area (TPSA) is 46.3 Å². The van der Waals surface area contributed by atoms with Gasteiger partial charge in [0.25, 0.3) is 0 Å². The van der Waals surface area contributed by atoms with Crippen molar-refractivity contribution in [2.75, 3.05) is 17.2 Å². The molecule has 0 unspecified atom stereocenters. The summed E-state index contributed by atoms with van der Waals surface area (Å²) >= 11 is 0. The number of amides is 1. The second kappa shape index (κ2) is 5.60. The van der Waals surface area contributed by atoms with Gasteiger partial charge >= 0.3 is 0 Å². The van der Waals surface area contributed by atoms with Crippen molar-refractivity contribution in [2.24, 2.45) is 0 Å². The molecular formula is C18H20N2O. The standard InChI is InChI=1S/C18H20N2O/c1-13-5-2-3-6-15(13)11-18(21)20-10-4-7-14-8-9-16(19)12-17(14)20/h2-3,5-6,8-9,12H,4,7,10-11,19H2,1H3. The highest BCUT2D eigenvalue weighted by molar-refractivity contribution is 5.96. The highest BCUT2D eigenvalue weighted by Crippen LogP contribution is 2.29. The number of hydrogen-bond donors (Lipinski definition) is 1. The Morgan fingerprint density at radius 3 is 2.86 bits per heavy atom. The van der Waals surface area contributed by atoms with Gasteiger partial charge in [0.2, 0.25) is 5.91 Å². The van der Waals surface area contributed by atoms with Crippen LogP contribution in [0.5, 0.6) is 0 Å². The van der Waals surface area contributed by atoms with E-state index < -0.39 is 0 Å². The van der Waals surface area contributed by atoms with Crippen molar-refractivity contribution in [1.82, 2.24) is 0 Å². The van der Waals surface area contributed by atoms with E-state index in [1.54, 1.807) is 0 Å². The number of rotatable bonds is 2. The minimum Gasteiger partial charge on any atom is -0.399 e. The van der Waals surface area contributed by atoms with Crippen LogP contribution in [0.2, 0.25) is 0 Å². The lowest BCUT2D eigenvalue weighted by Gasteiger charge is -2.30. The van der Waals surface area contributed by atoms with Gasteiger partial charge in [-0.3, -0.25) is 4.79 Å². The molecule has 0 saturated heterocycles. The Hall–Kier alpha value is -2.29. The molecule has 0 spiro atoms. The molecule has 0 bridgehead atoms. The van der Waals surface area contributed by atoms with Gasteiger partial charge in [0.1, 0.15) is 0 Å². The zero-order valence-electron chi connectivity index (χ0n) is 12.3. The summed E-state index contributed by atoms with van der Waals surface area (Å²) in [6, 6.07) is 13.9. The Morgan fingerprint density at radius 2 is 2.05 bits per heavy atom. The van der Waals surface area contributed by atoms with Crippen LogP contribution >= 0.6 is 0 Å². The summed E-state index contributed by atoms with van der Waals surface area (Å²) in [5.41, 5.74) is 11.1. The van der Waals surface area contributed by atoms with E-state index in [1.807, 2.05) is 54.3 Å². The van der Waals surface area contributed by atoms with E-state index in [0.717, 1.165) is 36.2 Å². The monoisotopic (exact) mass is 280 g/mol. The number of hydrogen-bond acceptors (Lipinski definition) is 2. The smallest absolute Gasteiger partial charge is 0.231 e. The minimum atomic E-state index is 0.149. The van der Waals surface area contributed by atoms with Crippen LogP contribution in [0.3, 0.4) is 0 Å². The van der Waals surface area contributed by atoms with Crippen LogP contribution in [0.1, 0.15) is 23.1 Å². The Labute approximate surface area is 125 Å². The predicted octanol–water partition coefficient (Wildman–Crippen LogP) is 3.10. The maximum Gasteiger partial charge on any atom is 0.231 e. The van der Waals surface area contributed by atoms with Crippen LogP contribution in [0.15, 0.2) is 42.5 Å². The molecule has 3 rings (SSSR count). The van der Waals surface area contributed by atoms with Gasteiger partial charge in [-0.15, -0.1) is 0 Å². The lowest BCUT2D eigenvalue weighted by atomic mass is 9.99. The zero-order chi connectivity index (χ0) is 14.8. The second-order valence-corrected chi connectivity index (χ2v) is 5.64. The number of nitrogen functional groups attached to an aromatic ring is 1. The molecule has 2 aromatic rings. The van der Waals surface area contributed by atoms with Crippen molar-refractivity contribution >= 4 is 17.3 Å². The van der Waals surface area contributed by atoms with Gasteiger partial charge in [-0.05, 0) is 48.6 Å². The van der Waals surface area contributed by atoms with Gasteiger partial charge in [0, 0.05) is 17.9 Å². The Bertz CT molecular complexity index is 679. The fourth-order valence-electron chi connectivity index (χ4n) is 2.92. The maximum atomic E-state index is 12.7. The molecule has 21 heavy (non-hydrogen) atoms. The number of benzene rings is 2. The first kappa shape index (κ1) is 13.7. The quantitative estimate of drug-likeness (QED) is 0.859.